The molecule has 2 rings (SSSR count). The second-order valence-corrected chi connectivity index (χ2v) is 7.72. The molecule has 6 heteroatoms. The van der Waals surface area contributed by atoms with E-state index in [4.69, 9.17) is 0 Å². The SMILES string of the molecule is CNC1CCC(N(C)S(=O)(=O)c2cc(C)ccc2F)CC1. The van der Waals surface area contributed by atoms with E-state index in [0.29, 0.717) is 6.04 Å². The number of rotatable bonds is 4. The molecule has 1 aliphatic carbocycles. The first kappa shape index (κ1) is 16.4. The van der Waals surface area contributed by atoms with E-state index >= 15 is 0 Å². The maximum absolute atomic E-state index is 13.9. The van der Waals surface area contributed by atoms with E-state index in [1.165, 1.54) is 16.4 Å². The Labute approximate surface area is 126 Å². The van der Waals surface area contributed by atoms with Gasteiger partial charge in [-0.15, -0.1) is 0 Å². The van der Waals surface area contributed by atoms with Gasteiger partial charge < -0.3 is 5.32 Å². The minimum atomic E-state index is -3.78. The Morgan fingerprint density at radius 3 is 2.43 bits per heavy atom. The molecule has 1 N–H and O–H groups in total. The number of aryl methyl sites for hydroxylation is 1. The molecule has 1 fully saturated rings. The number of sulfonamides is 1. The van der Waals surface area contributed by atoms with E-state index in [9.17, 15) is 12.8 Å². The lowest BCUT2D eigenvalue weighted by Gasteiger charge is -2.34. The monoisotopic (exact) mass is 314 g/mol. The van der Waals surface area contributed by atoms with Crippen LogP contribution in [0.2, 0.25) is 0 Å². The molecule has 0 amide bonds. The Balaban J connectivity index is 2.21. The van der Waals surface area contributed by atoms with Crippen LogP contribution in [0, 0.1) is 12.7 Å². The molecule has 0 aliphatic heterocycles. The summed E-state index contributed by atoms with van der Waals surface area (Å²) in [5.74, 6) is -0.684. The molecule has 0 spiro atoms. The highest BCUT2D eigenvalue weighted by molar-refractivity contribution is 7.89. The lowest BCUT2D eigenvalue weighted by Crippen LogP contribution is -2.42. The van der Waals surface area contributed by atoms with Crippen LogP contribution in [0.5, 0.6) is 0 Å². The highest BCUT2D eigenvalue weighted by Gasteiger charge is 2.32. The highest BCUT2D eigenvalue weighted by atomic mass is 32.2. The fraction of sp³-hybridized carbons (Fsp3) is 0.600. The summed E-state index contributed by atoms with van der Waals surface area (Å²) in [6, 6.07) is 4.59. The maximum atomic E-state index is 13.9. The third-order valence-electron chi connectivity index (χ3n) is 4.36. The molecule has 0 heterocycles. The van der Waals surface area contributed by atoms with Gasteiger partial charge in [-0.25, -0.2) is 12.8 Å². The summed E-state index contributed by atoms with van der Waals surface area (Å²) < 4.78 is 40.5. The standard InChI is InChI=1S/C15H23FN2O2S/c1-11-4-9-14(16)15(10-11)21(19,20)18(3)13-7-5-12(17-2)6-8-13/h4,9-10,12-13,17H,5-8H2,1-3H3. The molecule has 1 aliphatic rings. The Bertz CT molecular complexity index is 596. The first-order valence-corrected chi connectivity index (χ1v) is 8.71. The van der Waals surface area contributed by atoms with Gasteiger partial charge in [0.25, 0.3) is 0 Å². The van der Waals surface area contributed by atoms with Crippen LogP contribution in [-0.2, 0) is 10.0 Å². The average Bonchev–Trinajstić information content (AvgIpc) is 2.49. The number of nitrogens with one attached hydrogen (secondary N) is 1. The molecule has 1 saturated carbocycles. The molecule has 0 atom stereocenters. The minimum absolute atomic E-state index is 0.0560. The van der Waals surface area contributed by atoms with Crippen LogP contribution < -0.4 is 5.32 Å². The Morgan fingerprint density at radius 1 is 1.24 bits per heavy atom. The Kier molecular flexibility index (Phi) is 5.01. The summed E-state index contributed by atoms with van der Waals surface area (Å²) in [4.78, 5) is -0.222. The van der Waals surface area contributed by atoms with Crippen molar-refractivity contribution in [3.8, 4) is 0 Å². The Hall–Kier alpha value is -0.980. The van der Waals surface area contributed by atoms with Crippen LogP contribution >= 0.6 is 0 Å². The van der Waals surface area contributed by atoms with Crippen LogP contribution in [0.25, 0.3) is 0 Å². The smallest absolute Gasteiger partial charge is 0.245 e. The van der Waals surface area contributed by atoms with Crippen LogP contribution in [0.1, 0.15) is 31.2 Å². The number of hydrogen-bond donors (Lipinski definition) is 1. The predicted octanol–water partition coefficient (Wildman–Crippen LogP) is 2.29. The van der Waals surface area contributed by atoms with E-state index in [0.717, 1.165) is 31.2 Å². The lowest BCUT2D eigenvalue weighted by molar-refractivity contribution is 0.254. The van der Waals surface area contributed by atoms with Gasteiger partial charge in [0.15, 0.2) is 0 Å². The third-order valence-corrected chi connectivity index (χ3v) is 6.29. The minimum Gasteiger partial charge on any atom is -0.317 e. The second-order valence-electron chi connectivity index (χ2n) is 5.75. The molecular formula is C15H23FN2O2S. The number of nitrogens with zero attached hydrogens (tertiary/aromatic N) is 1. The molecule has 1 aromatic rings. The number of halogens is 1. The van der Waals surface area contributed by atoms with Gasteiger partial charge in [-0.05, 0) is 57.4 Å². The molecule has 0 bridgehead atoms. The van der Waals surface area contributed by atoms with Gasteiger partial charge in [0.2, 0.25) is 10.0 Å². The molecule has 0 aromatic heterocycles. The van der Waals surface area contributed by atoms with Crippen molar-refractivity contribution in [3.05, 3.63) is 29.6 Å². The largest absolute Gasteiger partial charge is 0.317 e. The second kappa shape index (κ2) is 6.42. The van der Waals surface area contributed by atoms with Crippen LogP contribution in [0.3, 0.4) is 0 Å². The summed E-state index contributed by atoms with van der Waals surface area (Å²) in [6.07, 6.45) is 3.48. The van der Waals surface area contributed by atoms with Crippen LogP contribution in [0.4, 0.5) is 4.39 Å². The van der Waals surface area contributed by atoms with Gasteiger partial charge in [-0.1, -0.05) is 6.07 Å². The third kappa shape index (κ3) is 3.44. The molecule has 0 saturated heterocycles. The fourth-order valence-electron chi connectivity index (χ4n) is 2.89. The Morgan fingerprint density at radius 2 is 1.86 bits per heavy atom. The van der Waals surface area contributed by atoms with Crippen LogP contribution in [0.15, 0.2) is 23.1 Å². The predicted molar refractivity (Wildman–Crippen MR) is 81.2 cm³/mol. The zero-order valence-corrected chi connectivity index (χ0v) is 13.6. The zero-order valence-electron chi connectivity index (χ0n) is 12.8. The first-order chi connectivity index (χ1) is 9.86. The number of benzene rings is 1. The van der Waals surface area contributed by atoms with Crippen molar-refractivity contribution in [2.45, 2.75) is 49.6 Å². The van der Waals surface area contributed by atoms with Gasteiger partial charge in [0, 0.05) is 19.1 Å². The quantitative estimate of drug-likeness (QED) is 0.927. The molecule has 4 nitrogen and oxygen atoms in total. The van der Waals surface area contributed by atoms with Crippen molar-refractivity contribution >= 4 is 10.0 Å². The lowest BCUT2D eigenvalue weighted by atomic mass is 9.91. The molecule has 21 heavy (non-hydrogen) atoms. The maximum Gasteiger partial charge on any atom is 0.245 e. The van der Waals surface area contributed by atoms with Crippen LogP contribution in [-0.4, -0.2) is 38.9 Å². The fourth-order valence-corrected chi connectivity index (χ4v) is 4.45. The molecular weight excluding hydrogens is 291 g/mol. The molecule has 1 aromatic carbocycles. The molecule has 0 unspecified atom stereocenters. The van der Waals surface area contributed by atoms with E-state index in [2.05, 4.69) is 5.32 Å². The van der Waals surface area contributed by atoms with Crippen molar-refractivity contribution in [2.75, 3.05) is 14.1 Å². The van der Waals surface area contributed by atoms with Gasteiger partial charge in [0.05, 0.1) is 0 Å². The van der Waals surface area contributed by atoms with Gasteiger partial charge in [-0.2, -0.15) is 4.31 Å². The average molecular weight is 314 g/mol. The summed E-state index contributed by atoms with van der Waals surface area (Å²) in [5.41, 5.74) is 0.738. The van der Waals surface area contributed by atoms with E-state index in [1.807, 2.05) is 7.05 Å². The normalized spacial score (nSPS) is 23.5. The van der Waals surface area contributed by atoms with Crippen molar-refractivity contribution in [2.24, 2.45) is 0 Å². The van der Waals surface area contributed by atoms with E-state index < -0.39 is 15.8 Å². The van der Waals surface area contributed by atoms with E-state index in [-0.39, 0.29) is 10.9 Å². The summed E-state index contributed by atoms with van der Waals surface area (Å²) >= 11 is 0. The van der Waals surface area contributed by atoms with Gasteiger partial charge >= 0.3 is 0 Å². The van der Waals surface area contributed by atoms with Gasteiger partial charge in [-0.3, -0.25) is 0 Å². The number of hydrogen-bond acceptors (Lipinski definition) is 3. The first-order valence-electron chi connectivity index (χ1n) is 7.27. The van der Waals surface area contributed by atoms with E-state index in [1.54, 1.807) is 20.0 Å². The van der Waals surface area contributed by atoms with Crippen molar-refractivity contribution in [1.82, 2.24) is 9.62 Å². The summed E-state index contributed by atoms with van der Waals surface area (Å²) in [7, 11) is -0.297. The topological polar surface area (TPSA) is 49.4 Å². The zero-order chi connectivity index (χ0) is 15.6. The summed E-state index contributed by atoms with van der Waals surface area (Å²) in [5, 5.41) is 3.22. The molecule has 0 radical (unpaired) electrons. The molecule has 118 valence electrons. The van der Waals surface area contributed by atoms with Crippen molar-refractivity contribution in [3.63, 3.8) is 0 Å². The van der Waals surface area contributed by atoms with Crippen molar-refractivity contribution in [1.29, 1.82) is 0 Å². The van der Waals surface area contributed by atoms with Gasteiger partial charge in [0.1, 0.15) is 10.7 Å². The highest BCUT2D eigenvalue weighted by Crippen LogP contribution is 2.28. The van der Waals surface area contributed by atoms with Crippen molar-refractivity contribution < 1.29 is 12.8 Å². The summed E-state index contributed by atoms with van der Waals surface area (Å²) in [6.45, 7) is 1.76.